The first-order chi connectivity index (χ1) is 10.4. The van der Waals surface area contributed by atoms with Crippen molar-refractivity contribution in [1.82, 2.24) is 0 Å². The summed E-state index contributed by atoms with van der Waals surface area (Å²) in [6, 6.07) is 8.83. The standard InChI is InChI=1S/C20H28O2/c1-15-17(10-6-5-9-13-22-16(2)21)14-18-11-7-8-12-19(18)20(15,3)4/h7-8,11-12H,5-6,9-10,13-14H2,1-4H3. The Bertz CT molecular complexity index is 567. The summed E-state index contributed by atoms with van der Waals surface area (Å²) in [5.74, 6) is -0.177. The molecule has 2 heteroatoms. The molecule has 0 unspecified atom stereocenters. The molecule has 2 rings (SSSR count). The van der Waals surface area contributed by atoms with Crippen molar-refractivity contribution in [2.45, 2.75) is 65.2 Å². The van der Waals surface area contributed by atoms with Gasteiger partial charge in [0.2, 0.25) is 0 Å². The highest BCUT2D eigenvalue weighted by molar-refractivity contribution is 5.65. The average molecular weight is 300 g/mol. The number of esters is 1. The third-order valence-corrected chi connectivity index (χ3v) is 4.99. The molecule has 22 heavy (non-hydrogen) atoms. The monoisotopic (exact) mass is 300 g/mol. The predicted molar refractivity (Wildman–Crippen MR) is 91.0 cm³/mol. The number of hydrogen-bond acceptors (Lipinski definition) is 2. The number of benzene rings is 1. The Hall–Kier alpha value is -1.57. The van der Waals surface area contributed by atoms with Crippen LogP contribution in [0.3, 0.4) is 0 Å². The summed E-state index contributed by atoms with van der Waals surface area (Å²) in [4.78, 5) is 10.7. The van der Waals surface area contributed by atoms with E-state index in [2.05, 4.69) is 45.0 Å². The van der Waals surface area contributed by atoms with Crippen LogP contribution in [0, 0.1) is 0 Å². The summed E-state index contributed by atoms with van der Waals surface area (Å²) >= 11 is 0. The lowest BCUT2D eigenvalue weighted by Gasteiger charge is -2.36. The lowest BCUT2D eigenvalue weighted by Crippen LogP contribution is -2.26. The van der Waals surface area contributed by atoms with Crippen LogP contribution in [-0.2, 0) is 21.4 Å². The molecular formula is C20H28O2. The second-order valence-corrected chi connectivity index (χ2v) is 6.84. The van der Waals surface area contributed by atoms with E-state index in [0.717, 1.165) is 25.7 Å². The van der Waals surface area contributed by atoms with Gasteiger partial charge in [-0.05, 0) is 50.2 Å². The maximum absolute atomic E-state index is 10.7. The van der Waals surface area contributed by atoms with Crippen molar-refractivity contribution in [3.8, 4) is 0 Å². The van der Waals surface area contributed by atoms with Gasteiger partial charge in [-0.2, -0.15) is 0 Å². The van der Waals surface area contributed by atoms with E-state index >= 15 is 0 Å². The molecule has 1 aromatic carbocycles. The number of rotatable bonds is 6. The Morgan fingerprint density at radius 3 is 2.64 bits per heavy atom. The van der Waals surface area contributed by atoms with E-state index in [1.54, 1.807) is 5.57 Å². The second kappa shape index (κ2) is 7.13. The largest absolute Gasteiger partial charge is 0.466 e. The maximum Gasteiger partial charge on any atom is 0.302 e. The van der Waals surface area contributed by atoms with Gasteiger partial charge < -0.3 is 4.74 Å². The zero-order chi connectivity index (χ0) is 16.2. The Morgan fingerprint density at radius 1 is 1.18 bits per heavy atom. The van der Waals surface area contributed by atoms with Crippen LogP contribution >= 0.6 is 0 Å². The number of carbonyl (C=O) groups is 1. The number of ether oxygens (including phenoxy) is 1. The first kappa shape index (κ1) is 16.8. The van der Waals surface area contributed by atoms with Crippen LogP contribution in [0.15, 0.2) is 35.4 Å². The molecule has 1 aliphatic rings. The number of hydrogen-bond donors (Lipinski definition) is 0. The van der Waals surface area contributed by atoms with Gasteiger partial charge in [0.15, 0.2) is 0 Å². The molecule has 0 heterocycles. The fourth-order valence-corrected chi connectivity index (χ4v) is 3.40. The molecule has 0 amide bonds. The molecule has 0 bridgehead atoms. The fraction of sp³-hybridized carbons (Fsp3) is 0.550. The highest BCUT2D eigenvalue weighted by atomic mass is 16.5. The number of allylic oxidation sites excluding steroid dienone is 2. The molecule has 0 aromatic heterocycles. The Morgan fingerprint density at radius 2 is 1.91 bits per heavy atom. The van der Waals surface area contributed by atoms with E-state index in [1.807, 2.05) is 0 Å². The van der Waals surface area contributed by atoms with Gasteiger partial charge in [-0.1, -0.05) is 49.3 Å². The van der Waals surface area contributed by atoms with Crippen LogP contribution in [-0.4, -0.2) is 12.6 Å². The Balaban J connectivity index is 1.93. The molecule has 0 fully saturated rings. The zero-order valence-corrected chi connectivity index (χ0v) is 14.4. The number of carbonyl (C=O) groups excluding carboxylic acids is 1. The first-order valence-electron chi connectivity index (χ1n) is 8.33. The van der Waals surface area contributed by atoms with Crippen LogP contribution < -0.4 is 0 Å². The van der Waals surface area contributed by atoms with Crippen molar-refractivity contribution < 1.29 is 9.53 Å². The normalized spacial score (nSPS) is 16.4. The minimum atomic E-state index is -0.177. The van der Waals surface area contributed by atoms with Crippen molar-refractivity contribution in [2.75, 3.05) is 6.61 Å². The molecule has 120 valence electrons. The molecular weight excluding hydrogens is 272 g/mol. The van der Waals surface area contributed by atoms with Crippen molar-refractivity contribution in [2.24, 2.45) is 0 Å². The topological polar surface area (TPSA) is 26.3 Å². The van der Waals surface area contributed by atoms with Crippen molar-refractivity contribution in [1.29, 1.82) is 0 Å². The number of fused-ring (bicyclic) bond motifs is 1. The molecule has 1 aliphatic carbocycles. The van der Waals surface area contributed by atoms with Crippen molar-refractivity contribution in [3.63, 3.8) is 0 Å². The molecule has 2 nitrogen and oxygen atoms in total. The smallest absolute Gasteiger partial charge is 0.302 e. The third-order valence-electron chi connectivity index (χ3n) is 4.99. The Labute approximate surface area is 134 Å². The van der Waals surface area contributed by atoms with E-state index < -0.39 is 0 Å². The molecule has 0 saturated carbocycles. The quantitative estimate of drug-likeness (QED) is 0.421. The zero-order valence-electron chi connectivity index (χ0n) is 14.4. The van der Waals surface area contributed by atoms with Crippen LogP contribution in [0.1, 0.15) is 64.5 Å². The molecule has 0 spiro atoms. The molecule has 0 saturated heterocycles. The van der Waals surface area contributed by atoms with E-state index in [4.69, 9.17) is 4.74 Å². The summed E-state index contributed by atoms with van der Waals surface area (Å²) < 4.78 is 4.98. The van der Waals surface area contributed by atoms with Crippen molar-refractivity contribution >= 4 is 5.97 Å². The predicted octanol–water partition coefficient (Wildman–Crippen LogP) is 4.96. The number of unbranched alkanes of at least 4 members (excludes halogenated alkanes) is 2. The van der Waals surface area contributed by atoms with Crippen molar-refractivity contribution in [3.05, 3.63) is 46.5 Å². The van der Waals surface area contributed by atoms with Crippen LogP contribution in [0.4, 0.5) is 0 Å². The van der Waals surface area contributed by atoms with Crippen LogP contribution in [0.2, 0.25) is 0 Å². The van der Waals surface area contributed by atoms with E-state index in [1.165, 1.54) is 30.0 Å². The van der Waals surface area contributed by atoms with Crippen LogP contribution in [0.25, 0.3) is 0 Å². The van der Waals surface area contributed by atoms with Gasteiger partial charge >= 0.3 is 5.97 Å². The summed E-state index contributed by atoms with van der Waals surface area (Å²) in [5, 5.41) is 0. The van der Waals surface area contributed by atoms with Gasteiger partial charge in [0.1, 0.15) is 0 Å². The fourth-order valence-electron chi connectivity index (χ4n) is 3.40. The van der Waals surface area contributed by atoms with E-state index in [0.29, 0.717) is 6.61 Å². The molecule has 1 aromatic rings. The Kier molecular flexibility index (Phi) is 5.44. The van der Waals surface area contributed by atoms with Gasteiger partial charge in [-0.25, -0.2) is 0 Å². The molecule has 0 radical (unpaired) electrons. The second-order valence-electron chi connectivity index (χ2n) is 6.84. The lowest BCUT2D eigenvalue weighted by molar-refractivity contribution is -0.141. The molecule has 0 aliphatic heterocycles. The first-order valence-corrected chi connectivity index (χ1v) is 8.33. The van der Waals surface area contributed by atoms with Gasteiger partial charge in [-0.15, -0.1) is 0 Å². The third kappa shape index (κ3) is 3.79. The van der Waals surface area contributed by atoms with Gasteiger partial charge in [0.25, 0.3) is 0 Å². The summed E-state index contributed by atoms with van der Waals surface area (Å²) in [7, 11) is 0. The minimum absolute atomic E-state index is 0.141. The van der Waals surface area contributed by atoms with Gasteiger partial charge in [-0.3, -0.25) is 4.79 Å². The average Bonchev–Trinajstić information content (AvgIpc) is 2.47. The van der Waals surface area contributed by atoms with Gasteiger partial charge in [0.05, 0.1) is 6.61 Å². The van der Waals surface area contributed by atoms with E-state index in [-0.39, 0.29) is 11.4 Å². The van der Waals surface area contributed by atoms with E-state index in [9.17, 15) is 4.79 Å². The molecule has 0 N–H and O–H groups in total. The van der Waals surface area contributed by atoms with Gasteiger partial charge in [0, 0.05) is 12.3 Å². The summed E-state index contributed by atoms with van der Waals surface area (Å²) in [6.45, 7) is 8.99. The lowest BCUT2D eigenvalue weighted by atomic mass is 9.68. The maximum atomic E-state index is 10.7. The highest BCUT2D eigenvalue weighted by Crippen LogP contribution is 2.41. The summed E-state index contributed by atoms with van der Waals surface area (Å²) in [5.41, 5.74) is 6.23. The minimum Gasteiger partial charge on any atom is -0.466 e. The highest BCUT2D eigenvalue weighted by Gasteiger charge is 2.31. The van der Waals surface area contributed by atoms with Crippen LogP contribution in [0.5, 0.6) is 0 Å². The molecule has 0 atom stereocenters. The SMILES string of the molecule is CC(=O)OCCCCCC1=C(C)C(C)(C)c2ccccc2C1. The summed E-state index contributed by atoms with van der Waals surface area (Å²) in [6.07, 6.45) is 5.50.